The lowest BCUT2D eigenvalue weighted by molar-refractivity contribution is -0.118. The lowest BCUT2D eigenvalue weighted by Crippen LogP contribution is -2.28. The number of nitrogens with zero attached hydrogens (tertiary/aromatic N) is 1. The van der Waals surface area contributed by atoms with E-state index in [0.29, 0.717) is 17.9 Å². The van der Waals surface area contributed by atoms with Gasteiger partial charge in [-0.3, -0.25) is 9.78 Å². The van der Waals surface area contributed by atoms with Gasteiger partial charge >= 0.3 is 0 Å². The summed E-state index contributed by atoms with van der Waals surface area (Å²) < 4.78 is 33.0. The topological polar surface area (TPSA) is 97.4 Å². The van der Waals surface area contributed by atoms with Gasteiger partial charge in [-0.05, 0) is 36.2 Å². The molecule has 0 bridgehead atoms. The number of ether oxygens (including phenoxy) is 1. The van der Waals surface area contributed by atoms with Crippen LogP contribution in [0.4, 0.5) is 5.69 Å². The number of carbonyl (C=O) groups excluding carboxylic acids is 1. The molecule has 27 heavy (non-hydrogen) atoms. The molecule has 138 valence electrons. The number of carbonyl (C=O) groups is 1. The molecule has 1 amide bonds. The van der Waals surface area contributed by atoms with E-state index in [1.165, 1.54) is 18.2 Å². The van der Waals surface area contributed by atoms with Crippen LogP contribution in [0.2, 0.25) is 0 Å². The van der Waals surface area contributed by atoms with E-state index < -0.39 is 10.0 Å². The van der Waals surface area contributed by atoms with Gasteiger partial charge in [0.05, 0.1) is 16.1 Å². The Kier molecular flexibility index (Phi) is 4.51. The number of fused-ring (bicyclic) bond motifs is 2. The van der Waals surface area contributed by atoms with Crippen molar-refractivity contribution in [3.63, 3.8) is 0 Å². The number of hydrogen-bond acceptors (Lipinski definition) is 5. The molecule has 0 unspecified atom stereocenters. The summed E-state index contributed by atoms with van der Waals surface area (Å²) in [6.07, 6.45) is 2.23. The Bertz CT molecular complexity index is 1120. The van der Waals surface area contributed by atoms with Crippen molar-refractivity contribution >= 4 is 32.5 Å². The molecule has 0 saturated heterocycles. The zero-order chi connectivity index (χ0) is 18.9. The average molecular weight is 383 g/mol. The van der Waals surface area contributed by atoms with Gasteiger partial charge < -0.3 is 10.1 Å². The fraction of sp³-hybridized carbons (Fsp3) is 0.158. The Labute approximate surface area is 156 Å². The molecular formula is C19H17N3O4S. The van der Waals surface area contributed by atoms with E-state index in [0.717, 1.165) is 16.5 Å². The SMILES string of the molecule is O=C1COc2ccc(S(=O)(=O)NCCc3cccc4cccnc34)cc2N1. The first kappa shape index (κ1) is 17.4. The fourth-order valence-electron chi connectivity index (χ4n) is 3.00. The van der Waals surface area contributed by atoms with E-state index >= 15 is 0 Å². The quantitative estimate of drug-likeness (QED) is 0.703. The van der Waals surface area contributed by atoms with Gasteiger partial charge in [-0.2, -0.15) is 0 Å². The number of hydrogen-bond donors (Lipinski definition) is 2. The van der Waals surface area contributed by atoms with Crippen molar-refractivity contribution in [2.75, 3.05) is 18.5 Å². The largest absolute Gasteiger partial charge is 0.482 e. The molecule has 4 rings (SSSR count). The van der Waals surface area contributed by atoms with Gasteiger partial charge in [-0.15, -0.1) is 0 Å². The van der Waals surface area contributed by atoms with E-state index in [-0.39, 0.29) is 24.0 Å². The van der Waals surface area contributed by atoms with Crippen molar-refractivity contribution in [2.24, 2.45) is 0 Å². The molecule has 0 aliphatic carbocycles. The number of benzene rings is 2. The second-order valence-corrected chi connectivity index (χ2v) is 7.90. The van der Waals surface area contributed by atoms with Crippen LogP contribution in [0.5, 0.6) is 5.75 Å². The predicted octanol–water partition coefficient (Wildman–Crippen LogP) is 2.09. The minimum absolute atomic E-state index is 0.0723. The molecule has 8 heteroatoms. The van der Waals surface area contributed by atoms with Crippen LogP contribution in [0.15, 0.2) is 59.6 Å². The van der Waals surface area contributed by atoms with E-state index in [9.17, 15) is 13.2 Å². The lowest BCUT2D eigenvalue weighted by atomic mass is 10.1. The summed E-state index contributed by atoms with van der Waals surface area (Å²) in [6, 6.07) is 14.1. The van der Waals surface area contributed by atoms with Crippen molar-refractivity contribution in [2.45, 2.75) is 11.3 Å². The van der Waals surface area contributed by atoms with Crippen LogP contribution in [0.25, 0.3) is 10.9 Å². The fourth-order valence-corrected chi connectivity index (χ4v) is 4.06. The number of anilines is 1. The number of aromatic nitrogens is 1. The molecule has 1 aliphatic rings. The molecule has 3 aromatic rings. The maximum atomic E-state index is 12.6. The van der Waals surface area contributed by atoms with Crippen LogP contribution in [-0.2, 0) is 21.2 Å². The van der Waals surface area contributed by atoms with Crippen LogP contribution < -0.4 is 14.8 Å². The Morgan fingerprint density at radius 1 is 1.15 bits per heavy atom. The first-order valence-corrected chi connectivity index (χ1v) is 9.90. The number of amides is 1. The molecule has 2 aromatic carbocycles. The van der Waals surface area contributed by atoms with Gasteiger partial charge in [0.1, 0.15) is 5.75 Å². The summed E-state index contributed by atoms with van der Waals surface area (Å²) in [7, 11) is -3.71. The molecule has 1 aliphatic heterocycles. The summed E-state index contributed by atoms with van der Waals surface area (Å²) >= 11 is 0. The minimum atomic E-state index is -3.71. The number of sulfonamides is 1. The normalized spacial score (nSPS) is 13.7. The number of rotatable bonds is 5. The first-order valence-electron chi connectivity index (χ1n) is 8.42. The first-order chi connectivity index (χ1) is 13.0. The van der Waals surface area contributed by atoms with Gasteiger partial charge in [-0.25, -0.2) is 13.1 Å². The van der Waals surface area contributed by atoms with Crippen molar-refractivity contribution < 1.29 is 17.9 Å². The number of para-hydroxylation sites is 1. The smallest absolute Gasteiger partial charge is 0.262 e. The Balaban J connectivity index is 1.49. The van der Waals surface area contributed by atoms with E-state index in [1.54, 1.807) is 6.20 Å². The highest BCUT2D eigenvalue weighted by molar-refractivity contribution is 7.89. The monoisotopic (exact) mass is 383 g/mol. The summed E-state index contributed by atoms with van der Waals surface area (Å²) in [5, 5.41) is 3.63. The van der Waals surface area contributed by atoms with Crippen molar-refractivity contribution in [1.82, 2.24) is 9.71 Å². The third kappa shape index (κ3) is 3.62. The molecule has 0 saturated carbocycles. The Hall–Kier alpha value is -2.97. The van der Waals surface area contributed by atoms with Gasteiger partial charge in [0.15, 0.2) is 6.61 Å². The van der Waals surface area contributed by atoms with Gasteiger partial charge in [0.2, 0.25) is 10.0 Å². The van der Waals surface area contributed by atoms with Gasteiger partial charge in [-0.1, -0.05) is 24.3 Å². The Morgan fingerprint density at radius 2 is 2.00 bits per heavy atom. The molecule has 0 spiro atoms. The molecule has 0 fully saturated rings. The third-order valence-electron chi connectivity index (χ3n) is 4.30. The van der Waals surface area contributed by atoms with E-state index in [4.69, 9.17) is 4.74 Å². The summed E-state index contributed by atoms with van der Waals surface area (Å²) in [6.45, 7) is 0.161. The highest BCUT2D eigenvalue weighted by atomic mass is 32.2. The highest BCUT2D eigenvalue weighted by Gasteiger charge is 2.20. The molecule has 0 radical (unpaired) electrons. The van der Waals surface area contributed by atoms with Crippen molar-refractivity contribution in [3.8, 4) is 5.75 Å². The predicted molar refractivity (Wildman–Crippen MR) is 101 cm³/mol. The molecule has 2 N–H and O–H groups in total. The van der Waals surface area contributed by atoms with E-state index in [1.807, 2.05) is 30.3 Å². The highest BCUT2D eigenvalue weighted by Crippen LogP contribution is 2.30. The van der Waals surface area contributed by atoms with E-state index in [2.05, 4.69) is 15.0 Å². The second-order valence-electron chi connectivity index (χ2n) is 6.13. The standard InChI is InChI=1S/C19H17N3O4S/c23-18-12-26-17-7-6-15(11-16(17)22-18)27(24,25)21-10-8-14-4-1-3-13-5-2-9-20-19(13)14/h1-7,9,11,21H,8,10,12H2,(H,22,23). The maximum absolute atomic E-state index is 12.6. The molecule has 7 nitrogen and oxygen atoms in total. The van der Waals surface area contributed by atoms with Crippen LogP contribution >= 0.6 is 0 Å². The Morgan fingerprint density at radius 3 is 2.89 bits per heavy atom. The summed E-state index contributed by atoms with van der Waals surface area (Å²) in [5.41, 5.74) is 2.20. The summed E-state index contributed by atoms with van der Waals surface area (Å²) in [4.78, 5) is 15.9. The maximum Gasteiger partial charge on any atom is 0.262 e. The van der Waals surface area contributed by atoms with Crippen LogP contribution in [-0.4, -0.2) is 32.5 Å². The van der Waals surface area contributed by atoms with Crippen molar-refractivity contribution in [1.29, 1.82) is 0 Å². The second kappa shape index (κ2) is 6.98. The van der Waals surface area contributed by atoms with Crippen LogP contribution in [0.3, 0.4) is 0 Å². The molecule has 1 aromatic heterocycles. The van der Waals surface area contributed by atoms with Gasteiger partial charge in [0.25, 0.3) is 5.91 Å². The van der Waals surface area contributed by atoms with Crippen LogP contribution in [0, 0.1) is 0 Å². The lowest BCUT2D eigenvalue weighted by Gasteiger charge is -2.18. The third-order valence-corrected chi connectivity index (χ3v) is 5.76. The minimum Gasteiger partial charge on any atom is -0.482 e. The molecular weight excluding hydrogens is 366 g/mol. The van der Waals surface area contributed by atoms with Crippen LogP contribution in [0.1, 0.15) is 5.56 Å². The number of pyridine rings is 1. The van der Waals surface area contributed by atoms with Gasteiger partial charge in [0, 0.05) is 18.1 Å². The molecule has 0 atom stereocenters. The summed E-state index contributed by atoms with van der Waals surface area (Å²) in [5.74, 6) is 0.142. The average Bonchev–Trinajstić information content (AvgIpc) is 2.67. The molecule has 2 heterocycles. The zero-order valence-electron chi connectivity index (χ0n) is 14.3. The number of nitrogens with one attached hydrogen (secondary N) is 2. The van der Waals surface area contributed by atoms with Crippen molar-refractivity contribution in [3.05, 3.63) is 60.3 Å². The zero-order valence-corrected chi connectivity index (χ0v) is 15.1.